The van der Waals surface area contributed by atoms with E-state index in [1.54, 1.807) is 0 Å². The van der Waals surface area contributed by atoms with Crippen LogP contribution in [0.5, 0.6) is 5.75 Å². The van der Waals surface area contributed by atoms with E-state index in [1.165, 1.54) is 5.56 Å². The van der Waals surface area contributed by atoms with Crippen LogP contribution in [0.25, 0.3) is 0 Å². The molecule has 0 saturated carbocycles. The molecular weight excluding hydrogens is 326 g/mol. The van der Waals surface area contributed by atoms with Gasteiger partial charge in [-0.25, -0.2) is 8.78 Å². The van der Waals surface area contributed by atoms with E-state index < -0.39 is 11.6 Å². The lowest BCUT2D eigenvalue weighted by molar-refractivity contribution is 0.288. The normalized spacial score (nSPS) is 10.9. The van der Waals surface area contributed by atoms with Crippen molar-refractivity contribution in [2.75, 3.05) is 0 Å². The number of hydrogen-bond donors (Lipinski definition) is 0. The van der Waals surface area contributed by atoms with Gasteiger partial charge in [0.2, 0.25) is 0 Å². The van der Waals surface area contributed by atoms with Crippen molar-refractivity contribution >= 4 is 15.9 Å². The predicted molar refractivity (Wildman–Crippen MR) is 78.9 cm³/mol. The summed E-state index contributed by atoms with van der Waals surface area (Å²) >= 11 is 2.93. The Labute approximate surface area is 125 Å². The van der Waals surface area contributed by atoms with Gasteiger partial charge >= 0.3 is 0 Å². The largest absolute Gasteiger partial charge is 0.486 e. The van der Waals surface area contributed by atoms with Crippen LogP contribution in [-0.4, -0.2) is 0 Å². The molecule has 0 aliphatic carbocycles. The zero-order valence-electron chi connectivity index (χ0n) is 11.3. The van der Waals surface area contributed by atoms with Crippen LogP contribution in [0.3, 0.4) is 0 Å². The van der Waals surface area contributed by atoms with E-state index in [9.17, 15) is 8.78 Å². The molecule has 2 rings (SSSR count). The van der Waals surface area contributed by atoms with Gasteiger partial charge in [-0.15, -0.1) is 0 Å². The molecule has 1 nitrogen and oxygen atoms in total. The standard InChI is InChI=1S/C16H15BrF2O/c1-10(2)12-5-3-11(4-6-12)9-20-16-8-14(18)13(17)7-15(16)19/h3-8,10H,9H2,1-2H3. The van der Waals surface area contributed by atoms with Crippen molar-refractivity contribution < 1.29 is 13.5 Å². The van der Waals surface area contributed by atoms with Crippen molar-refractivity contribution in [1.29, 1.82) is 0 Å². The van der Waals surface area contributed by atoms with Crippen LogP contribution in [0.2, 0.25) is 0 Å². The minimum atomic E-state index is -0.586. The van der Waals surface area contributed by atoms with Crippen molar-refractivity contribution in [3.63, 3.8) is 0 Å². The third kappa shape index (κ3) is 3.57. The molecule has 0 aliphatic heterocycles. The molecule has 0 spiro atoms. The molecule has 0 aliphatic rings. The highest BCUT2D eigenvalue weighted by molar-refractivity contribution is 9.10. The van der Waals surface area contributed by atoms with Crippen molar-refractivity contribution in [2.45, 2.75) is 26.4 Å². The SMILES string of the molecule is CC(C)c1ccc(COc2cc(F)c(Br)cc2F)cc1. The molecule has 0 heterocycles. The molecule has 20 heavy (non-hydrogen) atoms. The molecule has 106 valence electrons. The van der Waals surface area contributed by atoms with E-state index in [1.807, 2.05) is 24.3 Å². The summed E-state index contributed by atoms with van der Waals surface area (Å²) in [5.74, 6) is -0.754. The summed E-state index contributed by atoms with van der Waals surface area (Å²) < 4.78 is 32.3. The van der Waals surface area contributed by atoms with Gasteiger partial charge in [-0.2, -0.15) is 0 Å². The van der Waals surface area contributed by atoms with E-state index in [0.717, 1.165) is 17.7 Å². The zero-order valence-corrected chi connectivity index (χ0v) is 12.9. The average Bonchev–Trinajstić information content (AvgIpc) is 2.42. The molecule has 0 saturated heterocycles. The summed E-state index contributed by atoms with van der Waals surface area (Å²) in [7, 11) is 0. The lowest BCUT2D eigenvalue weighted by Crippen LogP contribution is -1.99. The minimum absolute atomic E-state index is 0.0846. The molecule has 0 N–H and O–H groups in total. The van der Waals surface area contributed by atoms with Gasteiger partial charge in [0.15, 0.2) is 11.6 Å². The van der Waals surface area contributed by atoms with Crippen LogP contribution in [0.1, 0.15) is 30.9 Å². The first-order valence-electron chi connectivity index (χ1n) is 6.33. The summed E-state index contributed by atoms with van der Waals surface area (Å²) in [6.07, 6.45) is 0. The summed E-state index contributed by atoms with van der Waals surface area (Å²) in [5.41, 5.74) is 2.15. The first kappa shape index (κ1) is 15.0. The van der Waals surface area contributed by atoms with Gasteiger partial charge in [-0.1, -0.05) is 38.1 Å². The summed E-state index contributed by atoms with van der Waals surface area (Å²) in [6, 6.07) is 10.0. The molecule has 0 aromatic heterocycles. The Morgan fingerprint density at radius 1 is 1.05 bits per heavy atom. The predicted octanol–water partition coefficient (Wildman–Crippen LogP) is 5.43. The quantitative estimate of drug-likeness (QED) is 0.674. The molecule has 0 bridgehead atoms. The Kier molecular flexibility index (Phi) is 4.76. The van der Waals surface area contributed by atoms with Gasteiger partial charge in [0.1, 0.15) is 12.4 Å². The highest BCUT2D eigenvalue weighted by Crippen LogP contribution is 2.26. The number of ether oxygens (including phenoxy) is 1. The summed E-state index contributed by atoms with van der Waals surface area (Å²) in [4.78, 5) is 0. The molecule has 0 atom stereocenters. The average molecular weight is 341 g/mol. The Morgan fingerprint density at radius 3 is 2.30 bits per heavy atom. The Morgan fingerprint density at radius 2 is 1.70 bits per heavy atom. The molecule has 2 aromatic carbocycles. The highest BCUT2D eigenvalue weighted by Gasteiger charge is 2.09. The van der Waals surface area contributed by atoms with Crippen LogP contribution in [0.4, 0.5) is 8.78 Å². The maximum Gasteiger partial charge on any atom is 0.166 e. The second-order valence-electron chi connectivity index (χ2n) is 4.88. The molecular formula is C16H15BrF2O. The lowest BCUT2D eigenvalue weighted by Gasteiger charge is -2.10. The zero-order chi connectivity index (χ0) is 14.7. The molecule has 0 unspecified atom stereocenters. The van der Waals surface area contributed by atoms with Crippen LogP contribution >= 0.6 is 15.9 Å². The van der Waals surface area contributed by atoms with E-state index in [0.29, 0.717) is 5.92 Å². The molecule has 2 aromatic rings. The van der Waals surface area contributed by atoms with Gasteiger partial charge in [-0.05, 0) is 39.0 Å². The molecule has 4 heteroatoms. The third-order valence-corrected chi connectivity index (χ3v) is 3.62. The second-order valence-corrected chi connectivity index (χ2v) is 5.74. The van der Waals surface area contributed by atoms with E-state index in [-0.39, 0.29) is 16.8 Å². The van der Waals surface area contributed by atoms with Crippen molar-refractivity contribution in [3.8, 4) is 5.75 Å². The van der Waals surface area contributed by atoms with Crippen molar-refractivity contribution in [2.24, 2.45) is 0 Å². The smallest absolute Gasteiger partial charge is 0.166 e. The molecule has 0 fully saturated rings. The molecule has 0 amide bonds. The summed E-state index contributed by atoms with van der Waals surface area (Å²) in [5, 5.41) is 0. The van der Waals surface area contributed by atoms with E-state index in [2.05, 4.69) is 29.8 Å². The van der Waals surface area contributed by atoms with Gasteiger partial charge in [-0.3, -0.25) is 0 Å². The maximum atomic E-state index is 13.6. The fourth-order valence-corrected chi connectivity index (χ4v) is 2.09. The summed E-state index contributed by atoms with van der Waals surface area (Å²) in [6.45, 7) is 4.44. The second kappa shape index (κ2) is 6.35. The van der Waals surface area contributed by atoms with Crippen LogP contribution < -0.4 is 4.74 Å². The maximum absolute atomic E-state index is 13.6. The van der Waals surface area contributed by atoms with Gasteiger partial charge in [0.05, 0.1) is 4.47 Å². The monoisotopic (exact) mass is 340 g/mol. The first-order valence-corrected chi connectivity index (χ1v) is 7.13. The van der Waals surface area contributed by atoms with E-state index in [4.69, 9.17) is 4.74 Å². The van der Waals surface area contributed by atoms with Gasteiger partial charge < -0.3 is 4.74 Å². The van der Waals surface area contributed by atoms with Crippen LogP contribution in [0, 0.1) is 11.6 Å². The third-order valence-electron chi connectivity index (χ3n) is 3.02. The number of hydrogen-bond acceptors (Lipinski definition) is 1. The van der Waals surface area contributed by atoms with Crippen molar-refractivity contribution in [3.05, 3.63) is 63.6 Å². The van der Waals surface area contributed by atoms with Gasteiger partial charge in [0, 0.05) is 6.07 Å². The van der Waals surface area contributed by atoms with Crippen LogP contribution in [-0.2, 0) is 6.61 Å². The topological polar surface area (TPSA) is 9.23 Å². The Balaban J connectivity index is 2.07. The van der Waals surface area contributed by atoms with Gasteiger partial charge in [0.25, 0.3) is 0 Å². The number of benzene rings is 2. The van der Waals surface area contributed by atoms with E-state index >= 15 is 0 Å². The minimum Gasteiger partial charge on any atom is -0.486 e. The van der Waals surface area contributed by atoms with Crippen LogP contribution in [0.15, 0.2) is 40.9 Å². The lowest BCUT2D eigenvalue weighted by atomic mass is 10.0. The fraction of sp³-hybridized carbons (Fsp3) is 0.250. The Bertz CT molecular complexity index is 594. The number of halogens is 3. The first-order chi connectivity index (χ1) is 9.47. The Hall–Kier alpha value is -1.42. The molecule has 0 radical (unpaired) electrons. The van der Waals surface area contributed by atoms with Crippen molar-refractivity contribution in [1.82, 2.24) is 0 Å². The highest BCUT2D eigenvalue weighted by atomic mass is 79.9. The fourth-order valence-electron chi connectivity index (χ4n) is 1.77. The number of rotatable bonds is 4.